The second-order valence-corrected chi connectivity index (χ2v) is 4.14. The first-order chi connectivity index (χ1) is 7.79. The van der Waals surface area contributed by atoms with E-state index in [4.69, 9.17) is 17.3 Å². The summed E-state index contributed by atoms with van der Waals surface area (Å²) in [6.45, 7) is 0.567. The molecular formula is C14H13ClN. The topological polar surface area (TPSA) is 26.0 Å². The highest BCUT2D eigenvalue weighted by atomic mass is 35.5. The third kappa shape index (κ3) is 2.63. The number of rotatable bonds is 3. The molecule has 0 bridgehead atoms. The fourth-order valence-electron chi connectivity index (χ4n) is 1.68. The summed E-state index contributed by atoms with van der Waals surface area (Å²) in [5, 5.41) is 0.766. The lowest BCUT2D eigenvalue weighted by atomic mass is 10.00. The first-order valence-corrected chi connectivity index (χ1v) is 5.60. The first kappa shape index (κ1) is 11.2. The molecule has 1 nitrogen and oxygen atoms in total. The molecule has 0 spiro atoms. The fourth-order valence-corrected chi connectivity index (χ4v) is 1.81. The van der Waals surface area contributed by atoms with E-state index in [0.717, 1.165) is 11.4 Å². The van der Waals surface area contributed by atoms with Crippen LogP contribution < -0.4 is 5.73 Å². The standard InChI is InChI=1S/C14H13ClN/c15-14-7-5-11(6-8-14)9-12-3-1-2-4-13(12)10-16/h2-8H,9-10,16H2. The van der Waals surface area contributed by atoms with Crippen molar-refractivity contribution in [2.75, 3.05) is 0 Å². The van der Waals surface area contributed by atoms with Gasteiger partial charge in [-0.05, 0) is 41.3 Å². The molecule has 0 aromatic heterocycles. The zero-order chi connectivity index (χ0) is 11.4. The molecule has 16 heavy (non-hydrogen) atoms. The minimum Gasteiger partial charge on any atom is -0.326 e. The molecule has 2 aromatic rings. The zero-order valence-corrected chi connectivity index (χ0v) is 9.67. The molecular weight excluding hydrogens is 218 g/mol. The minimum atomic E-state index is 0.567. The van der Waals surface area contributed by atoms with E-state index in [9.17, 15) is 0 Å². The molecule has 2 heteroatoms. The SMILES string of the molecule is NCc1cc[c]cc1Cc1ccc(Cl)cc1. The van der Waals surface area contributed by atoms with E-state index in [1.54, 1.807) is 0 Å². The van der Waals surface area contributed by atoms with Crippen molar-refractivity contribution in [2.45, 2.75) is 13.0 Å². The van der Waals surface area contributed by atoms with Gasteiger partial charge in [0.1, 0.15) is 0 Å². The Morgan fingerprint density at radius 3 is 2.50 bits per heavy atom. The molecule has 0 aliphatic rings. The molecule has 2 N–H and O–H groups in total. The summed E-state index contributed by atoms with van der Waals surface area (Å²) in [7, 11) is 0. The molecule has 1 radical (unpaired) electrons. The van der Waals surface area contributed by atoms with Crippen molar-refractivity contribution in [3.8, 4) is 0 Å². The van der Waals surface area contributed by atoms with Gasteiger partial charge in [-0.2, -0.15) is 0 Å². The summed E-state index contributed by atoms with van der Waals surface area (Å²) in [5.74, 6) is 0. The maximum Gasteiger partial charge on any atom is 0.0406 e. The predicted octanol–water partition coefficient (Wildman–Crippen LogP) is 3.19. The van der Waals surface area contributed by atoms with Gasteiger partial charge in [-0.25, -0.2) is 0 Å². The lowest BCUT2D eigenvalue weighted by molar-refractivity contribution is 1.02. The van der Waals surface area contributed by atoms with Crippen LogP contribution in [0.1, 0.15) is 16.7 Å². The Balaban J connectivity index is 2.23. The summed E-state index contributed by atoms with van der Waals surface area (Å²) in [6, 6.07) is 16.9. The number of halogens is 1. The van der Waals surface area contributed by atoms with Crippen LogP contribution in [0.3, 0.4) is 0 Å². The van der Waals surface area contributed by atoms with E-state index in [1.807, 2.05) is 42.5 Å². The summed E-state index contributed by atoms with van der Waals surface area (Å²) >= 11 is 5.85. The summed E-state index contributed by atoms with van der Waals surface area (Å²) < 4.78 is 0. The van der Waals surface area contributed by atoms with Crippen LogP contribution in [0.4, 0.5) is 0 Å². The van der Waals surface area contributed by atoms with Crippen LogP contribution in [0.25, 0.3) is 0 Å². The van der Waals surface area contributed by atoms with Gasteiger partial charge in [0.2, 0.25) is 0 Å². The van der Waals surface area contributed by atoms with Crippen LogP contribution in [0.5, 0.6) is 0 Å². The highest BCUT2D eigenvalue weighted by molar-refractivity contribution is 6.30. The van der Waals surface area contributed by atoms with E-state index in [1.165, 1.54) is 16.7 Å². The third-order valence-corrected chi connectivity index (χ3v) is 2.83. The van der Waals surface area contributed by atoms with E-state index < -0.39 is 0 Å². The number of benzene rings is 2. The Morgan fingerprint density at radius 1 is 1.06 bits per heavy atom. The van der Waals surface area contributed by atoms with Gasteiger partial charge in [-0.15, -0.1) is 0 Å². The van der Waals surface area contributed by atoms with Crippen LogP contribution >= 0.6 is 11.6 Å². The zero-order valence-electron chi connectivity index (χ0n) is 8.91. The molecule has 0 saturated heterocycles. The van der Waals surface area contributed by atoms with Gasteiger partial charge in [0.15, 0.2) is 0 Å². The van der Waals surface area contributed by atoms with Crippen molar-refractivity contribution in [1.82, 2.24) is 0 Å². The lowest BCUT2D eigenvalue weighted by Gasteiger charge is -2.07. The van der Waals surface area contributed by atoms with Crippen LogP contribution in [0.2, 0.25) is 5.02 Å². The second-order valence-electron chi connectivity index (χ2n) is 3.70. The van der Waals surface area contributed by atoms with Crippen LogP contribution in [0, 0.1) is 6.07 Å². The normalized spacial score (nSPS) is 10.4. The van der Waals surface area contributed by atoms with E-state index in [-0.39, 0.29) is 0 Å². The molecule has 2 aromatic carbocycles. The van der Waals surface area contributed by atoms with Gasteiger partial charge in [-0.3, -0.25) is 0 Å². The summed E-state index contributed by atoms with van der Waals surface area (Å²) in [4.78, 5) is 0. The summed E-state index contributed by atoms with van der Waals surface area (Å²) in [6.07, 6.45) is 0.876. The Kier molecular flexibility index (Phi) is 3.60. The van der Waals surface area contributed by atoms with Gasteiger partial charge in [-0.1, -0.05) is 41.9 Å². The Morgan fingerprint density at radius 2 is 1.81 bits per heavy atom. The van der Waals surface area contributed by atoms with Gasteiger partial charge in [0, 0.05) is 11.6 Å². The average molecular weight is 231 g/mol. The second kappa shape index (κ2) is 5.15. The molecule has 0 heterocycles. The molecule has 0 atom stereocenters. The van der Waals surface area contributed by atoms with Gasteiger partial charge in [0.25, 0.3) is 0 Å². The minimum absolute atomic E-state index is 0.567. The van der Waals surface area contributed by atoms with E-state index >= 15 is 0 Å². The third-order valence-electron chi connectivity index (χ3n) is 2.58. The van der Waals surface area contributed by atoms with Gasteiger partial charge >= 0.3 is 0 Å². The van der Waals surface area contributed by atoms with Gasteiger partial charge in [0.05, 0.1) is 0 Å². The van der Waals surface area contributed by atoms with Crippen LogP contribution in [-0.2, 0) is 13.0 Å². The first-order valence-electron chi connectivity index (χ1n) is 5.22. The highest BCUT2D eigenvalue weighted by Gasteiger charge is 2.01. The summed E-state index contributed by atoms with van der Waals surface area (Å²) in [5.41, 5.74) is 9.33. The van der Waals surface area contributed by atoms with Crippen molar-refractivity contribution in [2.24, 2.45) is 5.73 Å². The maximum atomic E-state index is 5.85. The van der Waals surface area contributed by atoms with Gasteiger partial charge < -0.3 is 5.73 Å². The van der Waals surface area contributed by atoms with Crippen LogP contribution in [-0.4, -0.2) is 0 Å². The molecule has 0 fully saturated rings. The quantitative estimate of drug-likeness (QED) is 0.861. The molecule has 2 rings (SSSR count). The van der Waals surface area contributed by atoms with E-state index in [2.05, 4.69) is 6.07 Å². The molecule has 0 unspecified atom stereocenters. The van der Waals surface area contributed by atoms with E-state index in [0.29, 0.717) is 6.54 Å². The highest BCUT2D eigenvalue weighted by Crippen LogP contribution is 2.16. The monoisotopic (exact) mass is 230 g/mol. The predicted molar refractivity (Wildman–Crippen MR) is 67.4 cm³/mol. The molecule has 0 saturated carbocycles. The fraction of sp³-hybridized carbons (Fsp3) is 0.143. The molecule has 0 amide bonds. The molecule has 0 aliphatic carbocycles. The van der Waals surface area contributed by atoms with Crippen molar-refractivity contribution in [3.63, 3.8) is 0 Å². The number of nitrogens with two attached hydrogens (primary N) is 1. The average Bonchev–Trinajstić information content (AvgIpc) is 2.33. The van der Waals surface area contributed by atoms with Crippen molar-refractivity contribution < 1.29 is 0 Å². The molecule has 81 valence electrons. The maximum absolute atomic E-state index is 5.85. The Bertz CT molecular complexity index is 462. The van der Waals surface area contributed by atoms with Crippen molar-refractivity contribution in [3.05, 3.63) is 70.2 Å². The number of hydrogen-bond acceptors (Lipinski definition) is 1. The molecule has 0 aliphatic heterocycles. The number of hydrogen-bond donors (Lipinski definition) is 1. The largest absolute Gasteiger partial charge is 0.326 e. The smallest absolute Gasteiger partial charge is 0.0406 e. The van der Waals surface area contributed by atoms with Crippen LogP contribution in [0.15, 0.2) is 42.5 Å². The Hall–Kier alpha value is -1.31. The van der Waals surface area contributed by atoms with Crippen molar-refractivity contribution in [1.29, 1.82) is 0 Å². The lowest BCUT2D eigenvalue weighted by Crippen LogP contribution is -2.01. The Labute approximate surface area is 101 Å². The van der Waals surface area contributed by atoms with Crippen molar-refractivity contribution >= 4 is 11.6 Å².